The standard InChI is InChI=1S/C51H38/c1-36-31-46(40-19-11-5-12-20-40)32-37(2)48(36)35-51-49(44-27-23-42(24-28-44)38-15-7-3-8-16-38)33-47(41-21-13-6-14-22-41)34-50(51)45-29-25-43(26-30-45)39-17-9-4-10-18-39/h3-34H,1-2H3. The van der Waals surface area contributed by atoms with Crippen molar-refractivity contribution in [2.24, 2.45) is 0 Å². The summed E-state index contributed by atoms with van der Waals surface area (Å²) in [6.45, 7) is 4.42. The minimum atomic E-state index is 1.09. The molecule has 0 atom stereocenters. The molecule has 7 aromatic rings. The summed E-state index contributed by atoms with van der Waals surface area (Å²) in [5.74, 6) is 1.18. The zero-order valence-corrected chi connectivity index (χ0v) is 29.0. The first kappa shape index (κ1) is 31.9. The van der Waals surface area contributed by atoms with E-state index in [-0.39, 0.29) is 0 Å². The van der Waals surface area contributed by atoms with Crippen molar-refractivity contribution in [2.75, 3.05) is 0 Å². The molecule has 0 fully saturated rings. The molecule has 0 aliphatic heterocycles. The van der Waals surface area contributed by atoms with E-state index in [0.717, 1.165) is 33.4 Å². The highest BCUT2D eigenvalue weighted by atomic mass is 14.3. The van der Waals surface area contributed by atoms with Crippen LogP contribution < -0.4 is 0 Å². The Morgan fingerprint density at radius 3 is 1.10 bits per heavy atom. The predicted octanol–water partition coefficient (Wildman–Crippen LogP) is 13.2. The SMILES string of the molecule is Cc1cc(-c2ccccc2)cc(C)c1[C-]=C1C(c2ccc(-c3ccccc3)cc2)=C[C+](c2ccccc2)C=C1c1ccc(-c2ccccc2)cc1. The highest BCUT2D eigenvalue weighted by Gasteiger charge is 2.28. The highest BCUT2D eigenvalue weighted by Crippen LogP contribution is 2.44. The van der Waals surface area contributed by atoms with Gasteiger partial charge in [-0.15, -0.1) is 16.7 Å². The molecule has 0 radical (unpaired) electrons. The van der Waals surface area contributed by atoms with Crippen molar-refractivity contribution >= 4 is 11.1 Å². The summed E-state index contributed by atoms with van der Waals surface area (Å²) in [6.07, 6.45) is 8.72. The molecule has 242 valence electrons. The maximum absolute atomic E-state index is 4.02. The maximum Gasteiger partial charge on any atom is 0.0793 e. The average Bonchev–Trinajstić information content (AvgIpc) is 3.20. The fraction of sp³-hybridized carbons (Fsp3) is 0.0392. The Balaban J connectivity index is 1.30. The zero-order chi connectivity index (χ0) is 34.6. The normalized spacial score (nSPS) is 12.7. The van der Waals surface area contributed by atoms with Crippen molar-refractivity contribution in [2.45, 2.75) is 13.8 Å². The highest BCUT2D eigenvalue weighted by molar-refractivity contribution is 6.03. The summed E-state index contributed by atoms with van der Waals surface area (Å²) in [7, 11) is 0. The van der Waals surface area contributed by atoms with Gasteiger partial charge in [-0.2, -0.15) is 0 Å². The number of benzene rings is 7. The number of aryl methyl sites for hydroxylation is 2. The van der Waals surface area contributed by atoms with Crippen molar-refractivity contribution in [1.82, 2.24) is 0 Å². The minimum Gasteiger partial charge on any atom is -0.115 e. The molecule has 0 aromatic heterocycles. The third-order valence-electron chi connectivity index (χ3n) is 9.74. The van der Waals surface area contributed by atoms with E-state index in [4.69, 9.17) is 0 Å². The molecule has 1 aliphatic carbocycles. The lowest BCUT2D eigenvalue weighted by molar-refractivity contribution is 1.29. The van der Waals surface area contributed by atoms with Gasteiger partial charge in [-0.05, 0) is 75.8 Å². The molecule has 0 amide bonds. The average molecular weight is 651 g/mol. The lowest BCUT2D eigenvalue weighted by Gasteiger charge is -2.23. The van der Waals surface area contributed by atoms with E-state index in [0.29, 0.717) is 0 Å². The summed E-state index contributed by atoms with van der Waals surface area (Å²) >= 11 is 0. The molecule has 0 unspecified atom stereocenters. The molecule has 1 aliphatic rings. The van der Waals surface area contributed by atoms with Gasteiger partial charge in [0.1, 0.15) is 0 Å². The molecule has 0 saturated carbocycles. The first-order valence-electron chi connectivity index (χ1n) is 17.6. The molecule has 51 heavy (non-hydrogen) atoms. The van der Waals surface area contributed by atoms with E-state index < -0.39 is 0 Å². The Morgan fingerprint density at radius 2 is 0.686 bits per heavy atom. The molecule has 0 bridgehead atoms. The Kier molecular flexibility index (Phi) is 8.90. The van der Waals surface area contributed by atoms with Crippen molar-refractivity contribution in [3.63, 3.8) is 0 Å². The minimum absolute atomic E-state index is 1.09. The molecule has 0 nitrogen and oxygen atoms in total. The van der Waals surface area contributed by atoms with E-state index in [9.17, 15) is 0 Å². The second kappa shape index (κ2) is 14.2. The summed E-state index contributed by atoms with van der Waals surface area (Å²) in [5.41, 5.74) is 17.7. The number of hydrogen-bond donors (Lipinski definition) is 0. The number of hydrogen-bond acceptors (Lipinski definition) is 0. The van der Waals surface area contributed by atoms with Crippen LogP contribution in [0.5, 0.6) is 0 Å². The Hall–Kier alpha value is -6.37. The van der Waals surface area contributed by atoms with E-state index in [1.54, 1.807) is 0 Å². The quantitative estimate of drug-likeness (QED) is 0.151. The van der Waals surface area contributed by atoms with Crippen LogP contribution in [-0.2, 0) is 0 Å². The molecule has 0 saturated heterocycles. The van der Waals surface area contributed by atoms with Gasteiger partial charge in [0, 0.05) is 52.1 Å². The van der Waals surface area contributed by atoms with Crippen LogP contribution in [-0.4, -0.2) is 0 Å². The van der Waals surface area contributed by atoms with Crippen LogP contribution in [0.25, 0.3) is 44.5 Å². The van der Waals surface area contributed by atoms with Gasteiger partial charge in [-0.25, -0.2) is 0 Å². The molecule has 7 aromatic carbocycles. The molecular weight excluding hydrogens is 613 g/mol. The predicted molar refractivity (Wildman–Crippen MR) is 216 cm³/mol. The largest absolute Gasteiger partial charge is 0.115 e. The van der Waals surface area contributed by atoms with Gasteiger partial charge in [-0.3, -0.25) is 0 Å². The summed E-state index contributed by atoms with van der Waals surface area (Å²) in [4.78, 5) is 0. The van der Waals surface area contributed by atoms with Gasteiger partial charge < -0.3 is 0 Å². The summed E-state index contributed by atoms with van der Waals surface area (Å²) in [6, 6.07) is 65.1. The van der Waals surface area contributed by atoms with Crippen LogP contribution in [0, 0.1) is 25.8 Å². The molecule has 0 heteroatoms. The van der Waals surface area contributed by atoms with E-state index >= 15 is 0 Å². The first-order valence-corrected chi connectivity index (χ1v) is 17.6. The van der Waals surface area contributed by atoms with E-state index in [2.05, 4.69) is 214 Å². The van der Waals surface area contributed by atoms with Crippen molar-refractivity contribution < 1.29 is 0 Å². The maximum atomic E-state index is 4.02. The fourth-order valence-electron chi connectivity index (χ4n) is 7.06. The summed E-state index contributed by atoms with van der Waals surface area (Å²) < 4.78 is 0. The van der Waals surface area contributed by atoms with Crippen LogP contribution >= 0.6 is 0 Å². The number of rotatable bonds is 7. The van der Waals surface area contributed by atoms with E-state index in [1.165, 1.54) is 56.0 Å². The lowest BCUT2D eigenvalue weighted by atomic mass is 9.77. The lowest BCUT2D eigenvalue weighted by Crippen LogP contribution is -2.07. The van der Waals surface area contributed by atoms with Gasteiger partial charge in [-0.1, -0.05) is 147 Å². The molecule has 0 spiro atoms. The van der Waals surface area contributed by atoms with Crippen LogP contribution in [0.1, 0.15) is 33.4 Å². The monoisotopic (exact) mass is 650 g/mol. The molecule has 8 rings (SSSR count). The van der Waals surface area contributed by atoms with E-state index in [1.807, 2.05) is 0 Å². The van der Waals surface area contributed by atoms with Gasteiger partial charge >= 0.3 is 0 Å². The first-order chi connectivity index (χ1) is 25.1. The van der Waals surface area contributed by atoms with Crippen molar-refractivity contribution in [3.05, 3.63) is 245 Å². The fourth-order valence-corrected chi connectivity index (χ4v) is 7.06. The van der Waals surface area contributed by atoms with Gasteiger partial charge in [0.2, 0.25) is 0 Å². The molecule has 0 heterocycles. The van der Waals surface area contributed by atoms with Crippen LogP contribution in [0.15, 0.2) is 200 Å². The molecule has 0 N–H and O–H groups in total. The second-order valence-corrected chi connectivity index (χ2v) is 13.2. The van der Waals surface area contributed by atoms with Gasteiger partial charge in [0.15, 0.2) is 0 Å². The summed E-state index contributed by atoms with van der Waals surface area (Å²) in [5, 5.41) is 0. The molecular formula is C51H38. The smallest absolute Gasteiger partial charge is 0.0793 e. The number of allylic oxidation sites excluding steroid dienone is 5. The zero-order valence-electron chi connectivity index (χ0n) is 29.0. The van der Waals surface area contributed by atoms with Gasteiger partial charge in [0.05, 0.1) is 11.5 Å². The van der Waals surface area contributed by atoms with Gasteiger partial charge in [0.25, 0.3) is 0 Å². The third-order valence-corrected chi connectivity index (χ3v) is 9.74. The topological polar surface area (TPSA) is 0 Å². The van der Waals surface area contributed by atoms with Crippen molar-refractivity contribution in [3.8, 4) is 33.4 Å². The van der Waals surface area contributed by atoms with Crippen LogP contribution in [0.3, 0.4) is 0 Å². The van der Waals surface area contributed by atoms with Crippen LogP contribution in [0.4, 0.5) is 0 Å². The van der Waals surface area contributed by atoms with Crippen LogP contribution in [0.2, 0.25) is 0 Å². The third kappa shape index (κ3) is 6.78. The Morgan fingerprint density at radius 1 is 0.353 bits per heavy atom. The second-order valence-electron chi connectivity index (χ2n) is 13.2. The Labute approximate surface area is 302 Å². The van der Waals surface area contributed by atoms with Crippen molar-refractivity contribution in [1.29, 1.82) is 0 Å². The Bertz CT molecular complexity index is 2230.